The van der Waals surface area contributed by atoms with E-state index in [0.717, 1.165) is 24.6 Å². The van der Waals surface area contributed by atoms with E-state index in [2.05, 4.69) is 15.2 Å². The van der Waals surface area contributed by atoms with Gasteiger partial charge in [0.25, 0.3) is 5.91 Å². The highest BCUT2D eigenvalue weighted by atomic mass is 32.2. The van der Waals surface area contributed by atoms with Crippen LogP contribution in [-0.2, 0) is 0 Å². The Morgan fingerprint density at radius 1 is 1.50 bits per heavy atom. The van der Waals surface area contributed by atoms with Gasteiger partial charge in [0.2, 0.25) is 5.82 Å². The van der Waals surface area contributed by atoms with Crippen LogP contribution < -0.4 is 0 Å². The summed E-state index contributed by atoms with van der Waals surface area (Å²) < 4.78 is 0. The number of carbonyl (C=O) groups excluding carboxylic acids is 1. The third-order valence-corrected chi connectivity index (χ3v) is 3.03. The number of thioether (sulfide) groups is 1. The van der Waals surface area contributed by atoms with Crippen LogP contribution in [0.2, 0.25) is 0 Å². The number of nitrogens with one attached hydrogen (secondary N) is 1. The monoisotopic (exact) mass is 212 g/mol. The quantitative estimate of drug-likeness (QED) is 0.727. The Kier molecular flexibility index (Phi) is 2.72. The fraction of sp³-hybridized carbons (Fsp3) is 0.625. The molecule has 1 fully saturated rings. The van der Waals surface area contributed by atoms with Crippen molar-refractivity contribution in [2.45, 2.75) is 6.92 Å². The molecule has 1 amide bonds. The Morgan fingerprint density at radius 3 is 2.79 bits per heavy atom. The lowest BCUT2D eigenvalue weighted by molar-refractivity contribution is 0.0760. The fourth-order valence-electron chi connectivity index (χ4n) is 1.35. The fourth-order valence-corrected chi connectivity index (χ4v) is 2.25. The number of nitrogens with zero attached hydrogens (tertiary/aromatic N) is 3. The zero-order valence-corrected chi connectivity index (χ0v) is 8.80. The maximum Gasteiger partial charge on any atom is 0.293 e. The predicted molar refractivity (Wildman–Crippen MR) is 54.3 cm³/mol. The van der Waals surface area contributed by atoms with Crippen LogP contribution in [0.1, 0.15) is 16.4 Å². The van der Waals surface area contributed by atoms with E-state index in [1.165, 1.54) is 0 Å². The molecule has 0 aromatic carbocycles. The van der Waals surface area contributed by atoms with Crippen LogP contribution in [0, 0.1) is 6.92 Å². The molecule has 1 aliphatic heterocycles. The average Bonchev–Trinajstić information content (AvgIpc) is 2.65. The van der Waals surface area contributed by atoms with Crippen molar-refractivity contribution < 1.29 is 4.79 Å². The molecule has 14 heavy (non-hydrogen) atoms. The van der Waals surface area contributed by atoms with Gasteiger partial charge < -0.3 is 4.90 Å². The lowest BCUT2D eigenvalue weighted by Crippen LogP contribution is -2.38. The Balaban J connectivity index is 2.07. The highest BCUT2D eigenvalue weighted by Gasteiger charge is 2.21. The van der Waals surface area contributed by atoms with Crippen LogP contribution in [0.25, 0.3) is 0 Å². The standard InChI is InChI=1S/C8H12N4OS/c1-6-9-7(11-10-6)8(13)12-2-4-14-5-3-12/h2-5H2,1H3,(H,9,10,11). The molecule has 0 saturated carbocycles. The minimum atomic E-state index is -0.0605. The summed E-state index contributed by atoms with van der Waals surface area (Å²) in [4.78, 5) is 17.6. The number of aromatic amines is 1. The van der Waals surface area contributed by atoms with Gasteiger partial charge in [0.1, 0.15) is 5.82 Å². The lowest BCUT2D eigenvalue weighted by atomic mass is 10.4. The maximum absolute atomic E-state index is 11.8. The molecular formula is C8H12N4OS. The first-order valence-corrected chi connectivity index (χ1v) is 5.69. The molecule has 1 aromatic heterocycles. The van der Waals surface area contributed by atoms with E-state index < -0.39 is 0 Å². The number of hydrogen-bond donors (Lipinski definition) is 1. The molecule has 1 N–H and O–H groups in total. The van der Waals surface area contributed by atoms with Gasteiger partial charge in [0, 0.05) is 24.6 Å². The van der Waals surface area contributed by atoms with Crippen molar-refractivity contribution in [3.63, 3.8) is 0 Å². The third kappa shape index (κ3) is 1.89. The number of amides is 1. The minimum Gasteiger partial charge on any atom is -0.334 e. The average molecular weight is 212 g/mol. The molecule has 0 atom stereocenters. The van der Waals surface area contributed by atoms with Crippen molar-refractivity contribution >= 4 is 17.7 Å². The van der Waals surface area contributed by atoms with Crippen molar-refractivity contribution in [2.75, 3.05) is 24.6 Å². The molecule has 6 heteroatoms. The molecule has 0 aliphatic carbocycles. The van der Waals surface area contributed by atoms with E-state index in [1.807, 2.05) is 11.8 Å². The van der Waals surface area contributed by atoms with Crippen molar-refractivity contribution in [2.24, 2.45) is 0 Å². The number of carbonyl (C=O) groups is 1. The maximum atomic E-state index is 11.8. The normalized spacial score (nSPS) is 17.1. The van der Waals surface area contributed by atoms with Crippen LogP contribution in [0.4, 0.5) is 0 Å². The van der Waals surface area contributed by atoms with Gasteiger partial charge in [0.15, 0.2) is 0 Å². The van der Waals surface area contributed by atoms with Gasteiger partial charge in [-0.15, -0.1) is 5.10 Å². The molecule has 2 heterocycles. The molecule has 0 unspecified atom stereocenters. The molecule has 1 saturated heterocycles. The van der Waals surface area contributed by atoms with E-state index in [0.29, 0.717) is 5.82 Å². The number of hydrogen-bond acceptors (Lipinski definition) is 4. The topological polar surface area (TPSA) is 61.9 Å². The van der Waals surface area contributed by atoms with Gasteiger partial charge in [-0.2, -0.15) is 11.8 Å². The molecular weight excluding hydrogens is 200 g/mol. The summed E-state index contributed by atoms with van der Waals surface area (Å²) in [7, 11) is 0. The number of H-pyrrole nitrogens is 1. The van der Waals surface area contributed by atoms with E-state index >= 15 is 0 Å². The number of aromatic nitrogens is 3. The molecule has 5 nitrogen and oxygen atoms in total. The Labute approximate surface area is 86.3 Å². The molecule has 0 radical (unpaired) electrons. The van der Waals surface area contributed by atoms with Crippen LogP contribution in [0.3, 0.4) is 0 Å². The second-order valence-electron chi connectivity index (χ2n) is 3.15. The second kappa shape index (κ2) is 4.00. The lowest BCUT2D eigenvalue weighted by Gasteiger charge is -2.24. The third-order valence-electron chi connectivity index (χ3n) is 2.09. The molecule has 76 valence electrons. The summed E-state index contributed by atoms with van der Waals surface area (Å²) >= 11 is 1.87. The van der Waals surface area contributed by atoms with Gasteiger partial charge in [-0.05, 0) is 6.92 Å². The number of rotatable bonds is 1. The Hall–Kier alpha value is -1.04. The summed E-state index contributed by atoms with van der Waals surface area (Å²) in [5.74, 6) is 2.92. The van der Waals surface area contributed by atoms with Crippen molar-refractivity contribution in [1.29, 1.82) is 0 Å². The first-order chi connectivity index (χ1) is 6.77. The molecule has 1 aromatic rings. The van der Waals surface area contributed by atoms with Crippen molar-refractivity contribution in [3.8, 4) is 0 Å². The summed E-state index contributed by atoms with van der Waals surface area (Å²) in [6.45, 7) is 3.39. The van der Waals surface area contributed by atoms with Gasteiger partial charge in [-0.1, -0.05) is 0 Å². The SMILES string of the molecule is Cc1nc(C(=O)N2CCSCC2)n[nH]1. The Morgan fingerprint density at radius 2 is 2.21 bits per heavy atom. The largest absolute Gasteiger partial charge is 0.334 e. The van der Waals surface area contributed by atoms with Gasteiger partial charge in [0.05, 0.1) is 0 Å². The smallest absolute Gasteiger partial charge is 0.293 e. The van der Waals surface area contributed by atoms with E-state index in [-0.39, 0.29) is 11.7 Å². The zero-order chi connectivity index (χ0) is 9.97. The number of aryl methyl sites for hydroxylation is 1. The van der Waals surface area contributed by atoms with Crippen LogP contribution in [0.5, 0.6) is 0 Å². The van der Waals surface area contributed by atoms with E-state index in [1.54, 1.807) is 11.8 Å². The van der Waals surface area contributed by atoms with Gasteiger partial charge in [-0.3, -0.25) is 9.89 Å². The van der Waals surface area contributed by atoms with E-state index in [4.69, 9.17) is 0 Å². The predicted octanol–water partition coefficient (Wildman–Crippen LogP) is 0.302. The van der Waals surface area contributed by atoms with Crippen molar-refractivity contribution in [3.05, 3.63) is 11.6 Å². The minimum absolute atomic E-state index is 0.0605. The van der Waals surface area contributed by atoms with E-state index in [9.17, 15) is 4.79 Å². The summed E-state index contributed by atoms with van der Waals surface area (Å²) in [5, 5.41) is 6.53. The molecule has 0 spiro atoms. The summed E-state index contributed by atoms with van der Waals surface area (Å²) in [5.41, 5.74) is 0. The van der Waals surface area contributed by atoms with Crippen LogP contribution in [0.15, 0.2) is 0 Å². The van der Waals surface area contributed by atoms with Crippen LogP contribution in [-0.4, -0.2) is 50.6 Å². The highest BCUT2D eigenvalue weighted by molar-refractivity contribution is 7.99. The first kappa shape index (κ1) is 9.51. The highest BCUT2D eigenvalue weighted by Crippen LogP contribution is 2.11. The van der Waals surface area contributed by atoms with Crippen LogP contribution >= 0.6 is 11.8 Å². The first-order valence-electron chi connectivity index (χ1n) is 4.53. The molecule has 1 aliphatic rings. The summed E-state index contributed by atoms with van der Waals surface area (Å²) in [6.07, 6.45) is 0. The van der Waals surface area contributed by atoms with Gasteiger partial charge in [-0.25, -0.2) is 4.98 Å². The second-order valence-corrected chi connectivity index (χ2v) is 4.37. The van der Waals surface area contributed by atoms with Gasteiger partial charge >= 0.3 is 0 Å². The molecule has 0 bridgehead atoms. The molecule has 2 rings (SSSR count). The summed E-state index contributed by atoms with van der Waals surface area (Å²) in [6, 6.07) is 0. The van der Waals surface area contributed by atoms with Crippen molar-refractivity contribution in [1.82, 2.24) is 20.1 Å². The zero-order valence-electron chi connectivity index (χ0n) is 7.99. The Bertz CT molecular complexity index is 332.